The fourth-order valence-electron chi connectivity index (χ4n) is 2.13. The third-order valence-electron chi connectivity index (χ3n) is 3.44. The molecule has 2 aromatic rings. The number of hydrogen-bond acceptors (Lipinski definition) is 3. The van der Waals surface area contributed by atoms with Gasteiger partial charge in [0.2, 0.25) is 0 Å². The molecule has 0 atom stereocenters. The highest BCUT2D eigenvalue weighted by Crippen LogP contribution is 2.29. The predicted molar refractivity (Wildman–Crippen MR) is 77.7 cm³/mol. The molecule has 0 saturated carbocycles. The van der Waals surface area contributed by atoms with Gasteiger partial charge in [-0.1, -0.05) is 12.1 Å². The van der Waals surface area contributed by atoms with Gasteiger partial charge in [0.1, 0.15) is 0 Å². The lowest BCUT2D eigenvalue weighted by Gasteiger charge is -2.19. The Bertz CT molecular complexity index is 664. The van der Waals surface area contributed by atoms with Gasteiger partial charge in [-0.05, 0) is 31.0 Å². The van der Waals surface area contributed by atoms with E-state index in [0.29, 0.717) is 19.5 Å². The maximum atomic E-state index is 12.5. The highest BCUT2D eigenvalue weighted by atomic mass is 19.4. The van der Waals surface area contributed by atoms with Crippen molar-refractivity contribution in [1.82, 2.24) is 19.9 Å². The standard InChI is InChI=1S/C15H17F3N4O/c1-3-22(14(23)13-10-19-21(2)20-13)9-8-11-4-6-12(7-5-11)15(16,17)18/h4-7,10H,3,8-9H2,1-2H3. The maximum absolute atomic E-state index is 12.5. The number of amides is 1. The molecule has 8 heteroatoms. The number of alkyl halides is 3. The summed E-state index contributed by atoms with van der Waals surface area (Å²) < 4.78 is 37.5. The molecule has 0 saturated heterocycles. The number of rotatable bonds is 5. The first-order chi connectivity index (χ1) is 10.8. The average Bonchev–Trinajstić information content (AvgIpc) is 2.94. The SMILES string of the molecule is CCN(CCc1ccc(C(F)(F)F)cc1)C(=O)c1cnn(C)n1. The van der Waals surface area contributed by atoms with E-state index >= 15 is 0 Å². The highest BCUT2D eigenvalue weighted by Gasteiger charge is 2.29. The summed E-state index contributed by atoms with van der Waals surface area (Å²) in [7, 11) is 1.62. The summed E-state index contributed by atoms with van der Waals surface area (Å²) >= 11 is 0. The van der Waals surface area contributed by atoms with E-state index in [-0.39, 0.29) is 11.6 Å². The minimum absolute atomic E-state index is 0.243. The normalized spacial score (nSPS) is 11.5. The Labute approximate surface area is 131 Å². The second-order valence-electron chi connectivity index (χ2n) is 5.05. The molecule has 23 heavy (non-hydrogen) atoms. The van der Waals surface area contributed by atoms with Crippen molar-refractivity contribution in [3.05, 3.63) is 47.3 Å². The quantitative estimate of drug-likeness (QED) is 0.848. The number of aromatic nitrogens is 3. The van der Waals surface area contributed by atoms with Gasteiger partial charge in [-0.25, -0.2) is 0 Å². The molecule has 0 bridgehead atoms. The smallest absolute Gasteiger partial charge is 0.337 e. The third kappa shape index (κ3) is 4.30. The largest absolute Gasteiger partial charge is 0.416 e. The van der Waals surface area contributed by atoms with E-state index in [1.165, 1.54) is 23.1 Å². The van der Waals surface area contributed by atoms with Crippen LogP contribution >= 0.6 is 0 Å². The van der Waals surface area contributed by atoms with Crippen LogP contribution in [0.1, 0.15) is 28.5 Å². The molecule has 1 heterocycles. The zero-order valence-corrected chi connectivity index (χ0v) is 12.8. The summed E-state index contributed by atoms with van der Waals surface area (Å²) in [6, 6.07) is 4.97. The molecule has 124 valence electrons. The Hall–Kier alpha value is -2.38. The van der Waals surface area contributed by atoms with Crippen LogP contribution in [0.25, 0.3) is 0 Å². The molecule has 1 aromatic heterocycles. The van der Waals surface area contributed by atoms with E-state index in [4.69, 9.17) is 0 Å². The van der Waals surface area contributed by atoms with Crippen LogP contribution in [-0.2, 0) is 19.6 Å². The van der Waals surface area contributed by atoms with Gasteiger partial charge in [0.15, 0.2) is 5.69 Å². The van der Waals surface area contributed by atoms with Gasteiger partial charge >= 0.3 is 6.18 Å². The van der Waals surface area contributed by atoms with Crippen molar-refractivity contribution in [2.45, 2.75) is 19.5 Å². The zero-order chi connectivity index (χ0) is 17.0. The fourth-order valence-corrected chi connectivity index (χ4v) is 2.13. The minimum atomic E-state index is -4.34. The Kier molecular flexibility index (Phi) is 5.02. The Morgan fingerprint density at radius 1 is 1.26 bits per heavy atom. The summed E-state index contributed by atoms with van der Waals surface area (Å²) in [6.45, 7) is 2.72. The van der Waals surface area contributed by atoms with Gasteiger partial charge in [0.25, 0.3) is 5.91 Å². The second-order valence-corrected chi connectivity index (χ2v) is 5.05. The van der Waals surface area contributed by atoms with Gasteiger partial charge in [-0.15, -0.1) is 5.10 Å². The van der Waals surface area contributed by atoms with Crippen molar-refractivity contribution < 1.29 is 18.0 Å². The Morgan fingerprint density at radius 3 is 2.39 bits per heavy atom. The van der Waals surface area contributed by atoms with Crippen LogP contribution < -0.4 is 0 Å². The third-order valence-corrected chi connectivity index (χ3v) is 3.44. The van der Waals surface area contributed by atoms with E-state index < -0.39 is 11.7 Å². The molecule has 0 aliphatic carbocycles. The number of carbonyl (C=O) groups excluding carboxylic acids is 1. The summed E-state index contributed by atoms with van der Waals surface area (Å²) in [5.41, 5.74) is 0.314. The molecule has 5 nitrogen and oxygen atoms in total. The molecule has 1 aromatic carbocycles. The first-order valence-electron chi connectivity index (χ1n) is 7.13. The van der Waals surface area contributed by atoms with Crippen LogP contribution in [-0.4, -0.2) is 38.9 Å². The van der Waals surface area contributed by atoms with Gasteiger partial charge in [-0.2, -0.15) is 23.1 Å². The molecule has 0 spiro atoms. The number of benzene rings is 1. The van der Waals surface area contributed by atoms with Crippen LogP contribution in [0.3, 0.4) is 0 Å². The average molecular weight is 326 g/mol. The topological polar surface area (TPSA) is 51.0 Å². The van der Waals surface area contributed by atoms with Crippen molar-refractivity contribution in [2.24, 2.45) is 7.05 Å². The van der Waals surface area contributed by atoms with Crippen LogP contribution in [0.2, 0.25) is 0 Å². The number of nitrogens with zero attached hydrogens (tertiary/aromatic N) is 4. The van der Waals surface area contributed by atoms with Gasteiger partial charge < -0.3 is 4.90 Å². The van der Waals surface area contributed by atoms with E-state index in [0.717, 1.165) is 17.7 Å². The number of likely N-dealkylation sites (N-methyl/N-ethyl adjacent to an activating group) is 1. The van der Waals surface area contributed by atoms with Crippen molar-refractivity contribution in [1.29, 1.82) is 0 Å². The molecule has 0 aliphatic heterocycles. The van der Waals surface area contributed by atoms with E-state index in [1.807, 2.05) is 6.92 Å². The Balaban J connectivity index is 1.99. The predicted octanol–water partition coefficient (Wildman–Crippen LogP) is 2.54. The molecular weight excluding hydrogens is 309 g/mol. The van der Waals surface area contributed by atoms with Gasteiger partial charge in [0.05, 0.1) is 11.8 Å². The van der Waals surface area contributed by atoms with Gasteiger partial charge in [0, 0.05) is 20.1 Å². The lowest BCUT2D eigenvalue weighted by molar-refractivity contribution is -0.137. The molecule has 0 fully saturated rings. The van der Waals surface area contributed by atoms with Crippen LogP contribution in [0, 0.1) is 0 Å². The van der Waals surface area contributed by atoms with Crippen LogP contribution in [0.4, 0.5) is 13.2 Å². The first kappa shape index (κ1) is 17.0. The lowest BCUT2D eigenvalue weighted by atomic mass is 10.1. The molecule has 0 aliphatic rings. The molecule has 0 radical (unpaired) electrons. The van der Waals surface area contributed by atoms with Crippen molar-refractivity contribution >= 4 is 5.91 Å². The molecule has 0 N–H and O–H groups in total. The van der Waals surface area contributed by atoms with Crippen LogP contribution in [0.15, 0.2) is 30.5 Å². The van der Waals surface area contributed by atoms with Crippen molar-refractivity contribution in [3.63, 3.8) is 0 Å². The first-order valence-corrected chi connectivity index (χ1v) is 7.13. The van der Waals surface area contributed by atoms with Crippen molar-refractivity contribution in [2.75, 3.05) is 13.1 Å². The Morgan fingerprint density at radius 2 is 1.91 bits per heavy atom. The number of halogens is 3. The summed E-state index contributed by atoms with van der Waals surface area (Å²) in [4.78, 5) is 15.1. The summed E-state index contributed by atoms with van der Waals surface area (Å²) in [6.07, 6.45) is -2.48. The van der Waals surface area contributed by atoms with E-state index in [2.05, 4.69) is 10.2 Å². The second kappa shape index (κ2) is 6.80. The summed E-state index contributed by atoms with van der Waals surface area (Å²) in [5, 5.41) is 7.82. The number of hydrogen-bond donors (Lipinski definition) is 0. The van der Waals surface area contributed by atoms with Crippen molar-refractivity contribution in [3.8, 4) is 0 Å². The van der Waals surface area contributed by atoms with Crippen LogP contribution in [0.5, 0.6) is 0 Å². The van der Waals surface area contributed by atoms with Gasteiger partial charge in [-0.3, -0.25) is 4.79 Å². The van der Waals surface area contributed by atoms with E-state index in [9.17, 15) is 18.0 Å². The lowest BCUT2D eigenvalue weighted by Crippen LogP contribution is -2.33. The molecule has 2 rings (SSSR count). The number of carbonyl (C=O) groups is 1. The molecular formula is C15H17F3N4O. The number of aryl methyl sites for hydroxylation is 1. The van der Waals surface area contributed by atoms with E-state index in [1.54, 1.807) is 11.9 Å². The maximum Gasteiger partial charge on any atom is 0.416 e. The summed E-state index contributed by atoms with van der Waals surface area (Å²) in [5.74, 6) is -0.243. The zero-order valence-electron chi connectivity index (χ0n) is 12.8. The fraction of sp³-hybridized carbons (Fsp3) is 0.400. The highest BCUT2D eigenvalue weighted by molar-refractivity contribution is 5.91. The minimum Gasteiger partial charge on any atom is -0.337 e. The molecule has 1 amide bonds. The monoisotopic (exact) mass is 326 g/mol. The molecule has 0 unspecified atom stereocenters.